The summed E-state index contributed by atoms with van der Waals surface area (Å²) >= 11 is 0. The molecule has 10 heavy (non-hydrogen) atoms. The van der Waals surface area contributed by atoms with E-state index in [9.17, 15) is 0 Å². The molecule has 0 radical (unpaired) electrons. The van der Waals surface area contributed by atoms with Crippen molar-refractivity contribution >= 4 is 11.4 Å². The van der Waals surface area contributed by atoms with Crippen LogP contribution in [0.15, 0.2) is 10.1 Å². The highest BCUT2D eigenvalue weighted by molar-refractivity contribution is 6.40. The van der Waals surface area contributed by atoms with Crippen molar-refractivity contribution < 1.29 is 0 Å². The number of hydrogen-bond acceptors (Lipinski definition) is 3. The van der Waals surface area contributed by atoms with Gasteiger partial charge in [-0.05, 0) is 20.8 Å². The Morgan fingerprint density at radius 2 is 1.90 bits per heavy atom. The van der Waals surface area contributed by atoms with Crippen LogP contribution in [-0.2, 0) is 0 Å². The van der Waals surface area contributed by atoms with Gasteiger partial charge in [-0.3, -0.25) is 10.0 Å². The summed E-state index contributed by atoms with van der Waals surface area (Å²) in [4.78, 5) is 4.36. The third kappa shape index (κ3) is 1.17. The maximum atomic E-state index is 4.36. The summed E-state index contributed by atoms with van der Waals surface area (Å²) in [5, 5.41) is 6.13. The molecule has 0 bridgehead atoms. The van der Waals surface area contributed by atoms with Gasteiger partial charge >= 0.3 is 0 Å². The maximum Gasteiger partial charge on any atom is 0.134 e. The van der Waals surface area contributed by atoms with Gasteiger partial charge in [0, 0.05) is 7.05 Å². The van der Waals surface area contributed by atoms with Gasteiger partial charge in [0.2, 0.25) is 0 Å². The van der Waals surface area contributed by atoms with Gasteiger partial charge in [-0.15, -0.1) is 0 Å². The molecule has 1 unspecified atom stereocenters. The van der Waals surface area contributed by atoms with Crippen LogP contribution in [0.1, 0.15) is 20.8 Å². The van der Waals surface area contributed by atoms with E-state index in [1.807, 2.05) is 32.8 Å². The van der Waals surface area contributed by atoms with Crippen LogP contribution in [-0.4, -0.2) is 29.6 Å². The summed E-state index contributed by atoms with van der Waals surface area (Å²) in [6.45, 7) is 5.99. The number of aliphatic imine (C=N–C) groups is 1. The van der Waals surface area contributed by atoms with Gasteiger partial charge in [0.1, 0.15) is 6.17 Å². The van der Waals surface area contributed by atoms with Crippen molar-refractivity contribution in [1.29, 1.82) is 0 Å². The highest BCUT2D eigenvalue weighted by atomic mass is 15.5. The third-order valence-corrected chi connectivity index (χ3v) is 1.75. The molecule has 3 nitrogen and oxygen atoms in total. The third-order valence-electron chi connectivity index (χ3n) is 1.75. The van der Waals surface area contributed by atoms with Crippen LogP contribution in [0.3, 0.4) is 0 Å². The lowest BCUT2D eigenvalue weighted by molar-refractivity contribution is 0.275. The number of hydrazone groups is 1. The van der Waals surface area contributed by atoms with Crippen LogP contribution in [0.5, 0.6) is 0 Å². The Hall–Kier alpha value is -0.860. The maximum absolute atomic E-state index is 4.36. The van der Waals surface area contributed by atoms with Crippen LogP contribution in [0.4, 0.5) is 0 Å². The van der Waals surface area contributed by atoms with Crippen molar-refractivity contribution in [2.24, 2.45) is 10.1 Å². The van der Waals surface area contributed by atoms with E-state index in [4.69, 9.17) is 0 Å². The smallest absolute Gasteiger partial charge is 0.134 e. The standard InChI is InChI=1S/C7H13N3/c1-5-6(2)9-10(4)7(3)8-5/h7H,1-4H3. The minimum atomic E-state index is 0.198. The molecule has 0 aromatic rings. The molecule has 0 saturated carbocycles. The van der Waals surface area contributed by atoms with Crippen molar-refractivity contribution in [1.82, 2.24) is 5.01 Å². The lowest BCUT2D eigenvalue weighted by Gasteiger charge is -2.23. The predicted molar refractivity (Wildman–Crippen MR) is 43.4 cm³/mol. The Labute approximate surface area is 61.4 Å². The molecule has 0 amide bonds. The first-order valence-electron chi connectivity index (χ1n) is 3.44. The monoisotopic (exact) mass is 139 g/mol. The van der Waals surface area contributed by atoms with Crippen molar-refractivity contribution in [2.45, 2.75) is 26.9 Å². The fourth-order valence-corrected chi connectivity index (χ4v) is 0.850. The van der Waals surface area contributed by atoms with Gasteiger partial charge < -0.3 is 0 Å². The van der Waals surface area contributed by atoms with E-state index in [0.717, 1.165) is 11.4 Å². The average molecular weight is 139 g/mol. The first-order valence-corrected chi connectivity index (χ1v) is 3.44. The van der Waals surface area contributed by atoms with Crippen LogP contribution < -0.4 is 0 Å². The molecule has 56 valence electrons. The van der Waals surface area contributed by atoms with Crippen LogP contribution in [0.25, 0.3) is 0 Å². The second-order valence-corrected chi connectivity index (χ2v) is 2.61. The molecule has 0 spiro atoms. The van der Waals surface area contributed by atoms with E-state index in [1.165, 1.54) is 0 Å². The van der Waals surface area contributed by atoms with E-state index in [2.05, 4.69) is 10.1 Å². The lowest BCUT2D eigenvalue weighted by atomic mass is 10.3. The molecular weight excluding hydrogens is 126 g/mol. The van der Waals surface area contributed by atoms with Gasteiger partial charge in [-0.25, -0.2) is 0 Å². The zero-order valence-electron chi connectivity index (χ0n) is 6.92. The fourth-order valence-electron chi connectivity index (χ4n) is 0.850. The van der Waals surface area contributed by atoms with E-state index in [0.29, 0.717) is 0 Å². The summed E-state index contributed by atoms with van der Waals surface area (Å²) < 4.78 is 0. The normalized spacial score (nSPS) is 26.0. The minimum absolute atomic E-state index is 0.198. The summed E-state index contributed by atoms with van der Waals surface area (Å²) in [7, 11) is 1.93. The highest BCUT2D eigenvalue weighted by Gasteiger charge is 2.11. The molecule has 1 aliphatic rings. The Kier molecular flexibility index (Phi) is 1.74. The second-order valence-electron chi connectivity index (χ2n) is 2.61. The van der Waals surface area contributed by atoms with E-state index in [1.54, 1.807) is 0 Å². The van der Waals surface area contributed by atoms with Crippen molar-refractivity contribution in [3.05, 3.63) is 0 Å². The topological polar surface area (TPSA) is 28.0 Å². The molecule has 0 fully saturated rings. The Morgan fingerprint density at radius 1 is 1.30 bits per heavy atom. The zero-order valence-corrected chi connectivity index (χ0v) is 6.92. The fraction of sp³-hybridized carbons (Fsp3) is 0.714. The van der Waals surface area contributed by atoms with Gasteiger partial charge in [0.25, 0.3) is 0 Å². The molecule has 0 saturated heterocycles. The summed E-state index contributed by atoms with van der Waals surface area (Å²) in [5.74, 6) is 0. The Balaban J connectivity index is 2.83. The molecule has 0 aromatic heterocycles. The van der Waals surface area contributed by atoms with Crippen molar-refractivity contribution in [2.75, 3.05) is 7.05 Å². The predicted octanol–water partition coefficient (Wildman–Crippen LogP) is 1.11. The van der Waals surface area contributed by atoms with E-state index in [-0.39, 0.29) is 6.17 Å². The number of hydrogen-bond donors (Lipinski definition) is 0. The van der Waals surface area contributed by atoms with Gasteiger partial charge in [0.15, 0.2) is 0 Å². The highest BCUT2D eigenvalue weighted by Crippen LogP contribution is 2.05. The Bertz CT molecular complexity index is 171. The second kappa shape index (κ2) is 2.40. The lowest BCUT2D eigenvalue weighted by Crippen LogP contribution is -2.30. The van der Waals surface area contributed by atoms with E-state index < -0.39 is 0 Å². The number of rotatable bonds is 0. The largest absolute Gasteiger partial charge is 0.276 e. The van der Waals surface area contributed by atoms with Gasteiger partial charge in [-0.2, -0.15) is 5.10 Å². The summed E-state index contributed by atoms with van der Waals surface area (Å²) in [6, 6.07) is 0. The van der Waals surface area contributed by atoms with Crippen LogP contribution in [0, 0.1) is 0 Å². The molecule has 0 aliphatic carbocycles. The summed E-state index contributed by atoms with van der Waals surface area (Å²) in [5.41, 5.74) is 2.06. The first kappa shape index (κ1) is 7.25. The van der Waals surface area contributed by atoms with Gasteiger partial charge in [-0.1, -0.05) is 0 Å². The van der Waals surface area contributed by atoms with Gasteiger partial charge in [0.05, 0.1) is 11.4 Å². The molecular formula is C7H13N3. The minimum Gasteiger partial charge on any atom is -0.276 e. The van der Waals surface area contributed by atoms with Crippen molar-refractivity contribution in [3.63, 3.8) is 0 Å². The molecule has 1 rings (SSSR count). The Morgan fingerprint density at radius 3 is 2.40 bits per heavy atom. The summed E-state index contributed by atoms with van der Waals surface area (Å²) in [6.07, 6.45) is 0.198. The van der Waals surface area contributed by atoms with Crippen LogP contribution >= 0.6 is 0 Å². The average Bonchev–Trinajstić information content (AvgIpc) is 1.84. The van der Waals surface area contributed by atoms with Crippen molar-refractivity contribution in [3.8, 4) is 0 Å². The number of nitrogens with zero attached hydrogens (tertiary/aromatic N) is 3. The molecule has 1 aliphatic heterocycles. The quantitative estimate of drug-likeness (QED) is 0.494. The first-order chi connectivity index (χ1) is 4.61. The zero-order chi connectivity index (χ0) is 7.72. The molecule has 0 N–H and O–H groups in total. The molecule has 0 aromatic carbocycles. The van der Waals surface area contributed by atoms with E-state index >= 15 is 0 Å². The molecule has 1 atom stereocenters. The van der Waals surface area contributed by atoms with Crippen LogP contribution in [0.2, 0.25) is 0 Å². The SMILES string of the molecule is CC1=NC(C)N(C)N=C1C. The molecule has 1 heterocycles. The molecule has 3 heteroatoms.